The third-order valence-electron chi connectivity index (χ3n) is 3.29. The topological polar surface area (TPSA) is 78.9 Å². The highest BCUT2D eigenvalue weighted by Gasteiger charge is 2.12. The Kier molecular flexibility index (Phi) is 4.70. The fourth-order valence-electron chi connectivity index (χ4n) is 2.13. The summed E-state index contributed by atoms with van der Waals surface area (Å²) in [6.45, 7) is 2.38. The van der Waals surface area contributed by atoms with Crippen molar-refractivity contribution < 1.29 is 4.79 Å². The van der Waals surface area contributed by atoms with Gasteiger partial charge in [0, 0.05) is 11.3 Å². The van der Waals surface area contributed by atoms with Gasteiger partial charge in [-0.3, -0.25) is 4.79 Å². The van der Waals surface area contributed by atoms with Gasteiger partial charge in [0.1, 0.15) is 0 Å². The number of aryl methyl sites for hydroxylation is 1. The third-order valence-corrected chi connectivity index (χ3v) is 3.29. The molecule has 4 heteroatoms. The quantitative estimate of drug-likeness (QED) is 0.903. The van der Waals surface area contributed by atoms with Gasteiger partial charge in [-0.1, -0.05) is 24.3 Å². The number of hydrogen-bond donors (Lipinski definition) is 2. The van der Waals surface area contributed by atoms with Gasteiger partial charge in [-0.25, -0.2) is 0 Å². The van der Waals surface area contributed by atoms with E-state index in [1.807, 2.05) is 31.2 Å². The number of amides is 1. The highest BCUT2D eigenvalue weighted by molar-refractivity contribution is 6.05. The van der Waals surface area contributed by atoms with E-state index in [1.165, 1.54) is 0 Å². The van der Waals surface area contributed by atoms with Crippen LogP contribution >= 0.6 is 0 Å². The van der Waals surface area contributed by atoms with Crippen LogP contribution < -0.4 is 11.1 Å². The molecular formula is C17H17N3O. The molecule has 2 aromatic rings. The molecule has 4 nitrogen and oxygen atoms in total. The molecule has 1 amide bonds. The zero-order chi connectivity index (χ0) is 15.2. The zero-order valence-corrected chi connectivity index (χ0v) is 11.9. The average molecular weight is 279 g/mol. The maximum Gasteiger partial charge on any atom is 0.255 e. The normalized spacial score (nSPS) is 9.95. The van der Waals surface area contributed by atoms with Crippen molar-refractivity contribution in [1.29, 1.82) is 5.26 Å². The summed E-state index contributed by atoms with van der Waals surface area (Å²) in [5.41, 5.74) is 9.20. The lowest BCUT2D eigenvalue weighted by molar-refractivity contribution is 0.102. The first-order valence-electron chi connectivity index (χ1n) is 6.75. The molecule has 0 radical (unpaired) electrons. The number of rotatable bonds is 4. The molecule has 0 aliphatic heterocycles. The van der Waals surface area contributed by atoms with E-state index in [9.17, 15) is 4.79 Å². The van der Waals surface area contributed by atoms with Gasteiger partial charge in [0.25, 0.3) is 5.91 Å². The van der Waals surface area contributed by atoms with Crippen LogP contribution in [0.2, 0.25) is 0 Å². The second kappa shape index (κ2) is 6.69. The maximum atomic E-state index is 12.4. The van der Waals surface area contributed by atoms with Crippen LogP contribution in [0.1, 0.15) is 27.0 Å². The minimum Gasteiger partial charge on any atom is -0.330 e. The number of carbonyl (C=O) groups excluding carboxylic acids is 1. The average Bonchev–Trinajstić information content (AvgIpc) is 2.50. The molecule has 2 rings (SSSR count). The third kappa shape index (κ3) is 3.47. The number of nitrogens with zero attached hydrogens (tertiary/aromatic N) is 1. The largest absolute Gasteiger partial charge is 0.330 e. The Hall–Kier alpha value is -2.64. The maximum absolute atomic E-state index is 12.4. The van der Waals surface area contributed by atoms with Crippen molar-refractivity contribution in [3.05, 3.63) is 64.7 Å². The lowest BCUT2D eigenvalue weighted by Gasteiger charge is -2.11. The molecule has 0 aliphatic carbocycles. The van der Waals surface area contributed by atoms with Gasteiger partial charge in [-0.2, -0.15) is 5.26 Å². The van der Waals surface area contributed by atoms with Gasteiger partial charge in [-0.05, 0) is 49.2 Å². The van der Waals surface area contributed by atoms with E-state index in [4.69, 9.17) is 11.0 Å². The Morgan fingerprint density at radius 3 is 2.76 bits per heavy atom. The number of hydrogen-bond acceptors (Lipinski definition) is 3. The number of anilines is 1. The van der Waals surface area contributed by atoms with Crippen LogP contribution in [0.3, 0.4) is 0 Å². The van der Waals surface area contributed by atoms with E-state index in [1.54, 1.807) is 18.2 Å². The van der Waals surface area contributed by atoms with Gasteiger partial charge in [0.15, 0.2) is 0 Å². The predicted octanol–water partition coefficient (Wildman–Crippen LogP) is 2.62. The predicted molar refractivity (Wildman–Crippen MR) is 83.0 cm³/mol. The lowest BCUT2D eigenvalue weighted by Crippen LogP contribution is -2.16. The minimum absolute atomic E-state index is 0.183. The van der Waals surface area contributed by atoms with Crippen LogP contribution in [0.5, 0.6) is 0 Å². The summed E-state index contributed by atoms with van der Waals surface area (Å²) >= 11 is 0. The smallest absolute Gasteiger partial charge is 0.255 e. The molecule has 0 saturated carbocycles. The first-order valence-corrected chi connectivity index (χ1v) is 6.75. The van der Waals surface area contributed by atoms with Gasteiger partial charge < -0.3 is 11.1 Å². The molecule has 0 aliphatic rings. The van der Waals surface area contributed by atoms with Crippen LogP contribution in [0.25, 0.3) is 0 Å². The molecule has 0 fully saturated rings. The van der Waals surface area contributed by atoms with Gasteiger partial charge in [0.2, 0.25) is 0 Å². The zero-order valence-electron chi connectivity index (χ0n) is 11.9. The number of nitriles is 1. The number of nitrogens with one attached hydrogen (secondary N) is 1. The SMILES string of the molecule is Cc1ccc(C#N)cc1NC(=O)c1ccccc1CCN. The number of carbonyl (C=O) groups is 1. The van der Waals surface area contributed by atoms with E-state index >= 15 is 0 Å². The molecule has 0 atom stereocenters. The Balaban J connectivity index is 2.28. The summed E-state index contributed by atoms with van der Waals surface area (Å²) < 4.78 is 0. The highest BCUT2D eigenvalue weighted by Crippen LogP contribution is 2.18. The second-order valence-electron chi connectivity index (χ2n) is 4.79. The Bertz CT molecular complexity index is 701. The van der Waals surface area contributed by atoms with E-state index in [0.29, 0.717) is 29.8 Å². The second-order valence-corrected chi connectivity index (χ2v) is 4.79. The fourth-order valence-corrected chi connectivity index (χ4v) is 2.13. The van der Waals surface area contributed by atoms with Crippen LogP contribution in [-0.2, 0) is 6.42 Å². The van der Waals surface area contributed by atoms with Gasteiger partial charge >= 0.3 is 0 Å². The Morgan fingerprint density at radius 2 is 2.05 bits per heavy atom. The molecule has 0 bridgehead atoms. The first kappa shape index (κ1) is 14.8. The van der Waals surface area contributed by atoms with Crippen molar-refractivity contribution in [2.45, 2.75) is 13.3 Å². The Morgan fingerprint density at radius 1 is 1.29 bits per heavy atom. The fraction of sp³-hybridized carbons (Fsp3) is 0.176. The summed E-state index contributed by atoms with van der Waals surface area (Å²) in [5.74, 6) is -0.183. The van der Waals surface area contributed by atoms with Crippen molar-refractivity contribution in [3.63, 3.8) is 0 Å². The lowest BCUT2D eigenvalue weighted by atomic mass is 10.0. The van der Waals surface area contributed by atoms with Gasteiger partial charge in [-0.15, -0.1) is 0 Å². The molecule has 0 heterocycles. The number of nitrogens with two attached hydrogens (primary N) is 1. The van der Waals surface area contributed by atoms with Crippen molar-refractivity contribution in [1.82, 2.24) is 0 Å². The monoisotopic (exact) mass is 279 g/mol. The van der Waals surface area contributed by atoms with Crippen LogP contribution in [0.4, 0.5) is 5.69 Å². The summed E-state index contributed by atoms with van der Waals surface area (Å²) in [4.78, 5) is 12.4. The van der Waals surface area contributed by atoms with E-state index in [2.05, 4.69) is 11.4 Å². The first-order chi connectivity index (χ1) is 10.2. The summed E-state index contributed by atoms with van der Waals surface area (Å²) in [7, 11) is 0. The Labute approximate surface area is 124 Å². The molecule has 0 aromatic heterocycles. The van der Waals surface area contributed by atoms with Crippen LogP contribution in [-0.4, -0.2) is 12.5 Å². The van der Waals surface area contributed by atoms with Gasteiger partial charge in [0.05, 0.1) is 11.6 Å². The standard InChI is InChI=1S/C17H17N3O/c1-12-6-7-13(11-19)10-16(12)20-17(21)15-5-3-2-4-14(15)8-9-18/h2-7,10H,8-9,18H2,1H3,(H,20,21). The molecule has 0 unspecified atom stereocenters. The molecular weight excluding hydrogens is 262 g/mol. The van der Waals surface area contributed by atoms with E-state index in [-0.39, 0.29) is 5.91 Å². The highest BCUT2D eigenvalue weighted by atomic mass is 16.1. The molecule has 2 aromatic carbocycles. The van der Waals surface area contributed by atoms with Crippen molar-refractivity contribution >= 4 is 11.6 Å². The van der Waals surface area contributed by atoms with Crippen molar-refractivity contribution in [2.75, 3.05) is 11.9 Å². The van der Waals surface area contributed by atoms with Crippen LogP contribution in [0, 0.1) is 18.3 Å². The molecule has 106 valence electrons. The van der Waals surface area contributed by atoms with E-state index < -0.39 is 0 Å². The molecule has 0 saturated heterocycles. The molecule has 0 spiro atoms. The summed E-state index contributed by atoms with van der Waals surface area (Å²) in [6, 6.07) is 14.7. The summed E-state index contributed by atoms with van der Waals surface area (Å²) in [6.07, 6.45) is 0.654. The van der Waals surface area contributed by atoms with Crippen LogP contribution in [0.15, 0.2) is 42.5 Å². The minimum atomic E-state index is -0.183. The molecule has 3 N–H and O–H groups in total. The summed E-state index contributed by atoms with van der Waals surface area (Å²) in [5, 5.41) is 11.8. The van der Waals surface area contributed by atoms with E-state index in [0.717, 1.165) is 11.1 Å². The number of benzene rings is 2. The van der Waals surface area contributed by atoms with Crippen molar-refractivity contribution in [2.24, 2.45) is 5.73 Å². The molecule has 21 heavy (non-hydrogen) atoms. The van der Waals surface area contributed by atoms with Crippen molar-refractivity contribution in [3.8, 4) is 6.07 Å².